The van der Waals surface area contributed by atoms with Gasteiger partial charge in [-0.15, -0.1) is 0 Å². The molecule has 1 aliphatic rings. The molecule has 4 rings (SSSR count). The van der Waals surface area contributed by atoms with Gasteiger partial charge in [0, 0.05) is 41.3 Å². The second kappa shape index (κ2) is 6.50. The van der Waals surface area contributed by atoms with E-state index in [0.29, 0.717) is 5.69 Å². The number of hydrogen-bond acceptors (Lipinski definition) is 5. The number of carboxylic acids is 1. The van der Waals surface area contributed by atoms with Gasteiger partial charge in [0.1, 0.15) is 5.75 Å². The summed E-state index contributed by atoms with van der Waals surface area (Å²) in [5, 5.41) is 20.6. The summed E-state index contributed by atoms with van der Waals surface area (Å²) in [6.07, 6.45) is 0. The highest BCUT2D eigenvalue weighted by atomic mass is 16.5. The molecule has 0 saturated heterocycles. The summed E-state index contributed by atoms with van der Waals surface area (Å²) in [7, 11) is 6.01. The summed E-state index contributed by atoms with van der Waals surface area (Å²) in [5.74, 6) is -2.02. The molecule has 0 bridgehead atoms. The van der Waals surface area contributed by atoms with Crippen molar-refractivity contribution in [2.24, 2.45) is 7.05 Å². The number of hydrogen-bond donors (Lipinski definition) is 3. The summed E-state index contributed by atoms with van der Waals surface area (Å²) in [5.41, 5.74) is 2.95. The van der Waals surface area contributed by atoms with E-state index in [1.807, 2.05) is 33.3 Å². The number of pyridine rings is 1. The number of rotatable bonds is 3. The molecule has 0 atom stereocenters. The molecule has 2 aromatic heterocycles. The fraction of sp³-hybridized carbons (Fsp3) is 0.300. The maximum Gasteiger partial charge on any atom is 0.345 e. The molecule has 0 amide bonds. The molecule has 0 aliphatic carbocycles. The van der Waals surface area contributed by atoms with Crippen LogP contribution in [0.25, 0.3) is 22.2 Å². The van der Waals surface area contributed by atoms with Gasteiger partial charge in [-0.1, -0.05) is 0 Å². The molecule has 0 radical (unpaired) electrons. The van der Waals surface area contributed by atoms with Gasteiger partial charge in [-0.05, 0) is 37.9 Å². The number of fused-ring (bicyclic) bond motifs is 4. The van der Waals surface area contributed by atoms with Crippen LogP contribution in [0.5, 0.6) is 5.75 Å². The first-order valence-electron chi connectivity index (χ1n) is 8.83. The minimum absolute atomic E-state index is 0.00906. The van der Waals surface area contributed by atoms with Crippen LogP contribution in [-0.2, 0) is 31.5 Å². The van der Waals surface area contributed by atoms with Crippen molar-refractivity contribution in [3.8, 4) is 17.0 Å². The van der Waals surface area contributed by atoms with E-state index in [1.165, 1.54) is 0 Å². The van der Waals surface area contributed by atoms with Gasteiger partial charge in [0.05, 0.1) is 18.9 Å². The van der Waals surface area contributed by atoms with Crippen molar-refractivity contribution < 1.29 is 19.7 Å². The van der Waals surface area contributed by atoms with Crippen molar-refractivity contribution in [1.82, 2.24) is 14.5 Å². The summed E-state index contributed by atoms with van der Waals surface area (Å²) >= 11 is 0. The zero-order valence-corrected chi connectivity index (χ0v) is 15.9. The number of carboxylic acid groups (broad SMARTS) is 1. The Hall–Kier alpha value is -3.10. The number of aromatic amines is 1. The lowest BCUT2D eigenvalue weighted by Crippen LogP contribution is -2.20. The number of aryl methyl sites for hydroxylation is 1. The number of benzene rings is 1. The molecule has 3 heterocycles. The molecule has 8 heteroatoms. The Kier molecular flexibility index (Phi) is 4.24. The van der Waals surface area contributed by atoms with Gasteiger partial charge in [-0.25, -0.2) is 4.79 Å². The Balaban J connectivity index is 1.98. The Bertz CT molecular complexity index is 1170. The third-order valence-electron chi connectivity index (χ3n) is 5.12. The minimum atomic E-state index is -1.47. The number of nitrogens with zero attached hydrogens (tertiary/aromatic N) is 2. The molecule has 28 heavy (non-hydrogen) atoms. The molecule has 3 aromatic rings. The van der Waals surface area contributed by atoms with E-state index >= 15 is 0 Å². The standard InChI is InChI=1S/C20H21N3O5/c1-22(2)7-12-4-10-5-13-11(6-15(10)23(12)3)8-28-9-14-17(13)21-19(25)16(18(14)24)20(26)27/h4-6H,7-9H2,1-3H3,(H,26,27)(H2,21,24,25). The first-order chi connectivity index (χ1) is 13.3. The van der Waals surface area contributed by atoms with E-state index < -0.39 is 22.8 Å². The fourth-order valence-corrected chi connectivity index (χ4v) is 3.77. The predicted molar refractivity (Wildman–Crippen MR) is 103 cm³/mol. The monoisotopic (exact) mass is 383 g/mol. The van der Waals surface area contributed by atoms with E-state index in [1.54, 1.807) is 0 Å². The van der Waals surface area contributed by atoms with Crippen LogP contribution in [0, 0.1) is 0 Å². The van der Waals surface area contributed by atoms with Crippen LogP contribution in [-0.4, -0.2) is 44.7 Å². The van der Waals surface area contributed by atoms with Crippen molar-refractivity contribution in [2.45, 2.75) is 19.8 Å². The fourth-order valence-electron chi connectivity index (χ4n) is 3.77. The van der Waals surface area contributed by atoms with Gasteiger partial charge < -0.3 is 29.4 Å². The average molecular weight is 383 g/mol. The summed E-state index contributed by atoms with van der Waals surface area (Å²) in [4.78, 5) is 28.3. The van der Waals surface area contributed by atoms with Crippen LogP contribution in [0.3, 0.4) is 0 Å². The van der Waals surface area contributed by atoms with Gasteiger partial charge in [0.15, 0.2) is 5.56 Å². The Morgan fingerprint density at radius 1 is 1.29 bits per heavy atom. The molecule has 0 saturated carbocycles. The maximum absolute atomic E-state index is 12.3. The summed E-state index contributed by atoms with van der Waals surface area (Å²) < 4.78 is 7.79. The largest absolute Gasteiger partial charge is 0.506 e. The molecular weight excluding hydrogens is 362 g/mol. The van der Waals surface area contributed by atoms with Crippen LogP contribution >= 0.6 is 0 Å². The van der Waals surface area contributed by atoms with Gasteiger partial charge in [0.25, 0.3) is 5.56 Å². The van der Waals surface area contributed by atoms with E-state index in [-0.39, 0.29) is 18.8 Å². The SMILES string of the molecule is CN(C)Cc1cc2cc3c(cc2n1C)COCc1c-3[nH]c(=O)c(C(=O)O)c1O. The number of aromatic carboxylic acids is 1. The molecule has 8 nitrogen and oxygen atoms in total. The van der Waals surface area contributed by atoms with Crippen molar-refractivity contribution in [2.75, 3.05) is 14.1 Å². The number of carbonyl (C=O) groups is 1. The second-order valence-corrected chi connectivity index (χ2v) is 7.33. The lowest BCUT2D eigenvalue weighted by Gasteiger charge is -2.12. The molecular formula is C20H21N3O5. The van der Waals surface area contributed by atoms with Gasteiger partial charge >= 0.3 is 5.97 Å². The first-order valence-corrected chi connectivity index (χ1v) is 8.83. The number of nitrogens with one attached hydrogen (secondary N) is 1. The van der Waals surface area contributed by atoms with Crippen LogP contribution < -0.4 is 5.56 Å². The third kappa shape index (κ3) is 2.78. The van der Waals surface area contributed by atoms with Gasteiger partial charge in [-0.2, -0.15) is 0 Å². The highest BCUT2D eigenvalue weighted by Crippen LogP contribution is 2.37. The van der Waals surface area contributed by atoms with E-state index in [9.17, 15) is 19.8 Å². The maximum atomic E-state index is 12.3. The molecule has 1 aromatic carbocycles. The number of ether oxygens (including phenoxy) is 1. The number of aromatic nitrogens is 2. The summed E-state index contributed by atoms with van der Waals surface area (Å²) in [6.45, 7) is 1.08. The Morgan fingerprint density at radius 3 is 2.71 bits per heavy atom. The molecule has 146 valence electrons. The van der Waals surface area contributed by atoms with Crippen molar-refractivity contribution in [1.29, 1.82) is 0 Å². The third-order valence-corrected chi connectivity index (χ3v) is 5.12. The molecule has 0 unspecified atom stereocenters. The van der Waals surface area contributed by atoms with Crippen LogP contribution in [0.2, 0.25) is 0 Å². The molecule has 1 aliphatic heterocycles. The van der Waals surface area contributed by atoms with E-state index in [2.05, 4.69) is 20.5 Å². The quantitative estimate of drug-likeness (QED) is 0.639. The Labute approximate surface area is 160 Å². The Morgan fingerprint density at radius 2 is 2.04 bits per heavy atom. The first kappa shape index (κ1) is 18.3. The molecule has 3 N–H and O–H groups in total. The van der Waals surface area contributed by atoms with Gasteiger partial charge in [0.2, 0.25) is 0 Å². The minimum Gasteiger partial charge on any atom is -0.506 e. The topological polar surface area (TPSA) is 108 Å². The number of H-pyrrole nitrogens is 1. The highest BCUT2D eigenvalue weighted by Gasteiger charge is 2.26. The van der Waals surface area contributed by atoms with Crippen LogP contribution in [0.15, 0.2) is 23.0 Å². The zero-order chi connectivity index (χ0) is 20.2. The van der Waals surface area contributed by atoms with E-state index in [4.69, 9.17) is 4.74 Å². The van der Waals surface area contributed by atoms with E-state index in [0.717, 1.165) is 34.3 Å². The lowest BCUT2D eigenvalue weighted by molar-refractivity contribution is 0.0690. The van der Waals surface area contributed by atoms with Crippen LogP contribution in [0.4, 0.5) is 0 Å². The second-order valence-electron chi connectivity index (χ2n) is 7.33. The summed E-state index contributed by atoms with van der Waals surface area (Å²) in [6, 6.07) is 6.05. The van der Waals surface area contributed by atoms with Crippen LogP contribution in [0.1, 0.15) is 27.2 Å². The normalized spacial score (nSPS) is 13.4. The van der Waals surface area contributed by atoms with Crippen molar-refractivity contribution in [3.05, 3.63) is 50.9 Å². The lowest BCUT2D eigenvalue weighted by atomic mass is 9.98. The highest BCUT2D eigenvalue weighted by molar-refractivity contribution is 5.93. The van der Waals surface area contributed by atoms with Crippen molar-refractivity contribution in [3.63, 3.8) is 0 Å². The molecule has 0 fully saturated rings. The van der Waals surface area contributed by atoms with Crippen molar-refractivity contribution >= 4 is 16.9 Å². The van der Waals surface area contributed by atoms with Gasteiger partial charge in [-0.3, -0.25) is 4.79 Å². The average Bonchev–Trinajstić information content (AvgIpc) is 2.79. The number of aromatic hydroxyl groups is 1. The zero-order valence-electron chi connectivity index (χ0n) is 15.9. The molecule has 0 spiro atoms. The predicted octanol–water partition coefficient (Wildman–Crippen LogP) is 2.03. The smallest absolute Gasteiger partial charge is 0.345 e.